The largest absolute Gasteiger partial charge is 0.333 e. The number of pyridine rings is 1. The SMILES string of the molecule is CC[C@@H](C(=O)Nc1cc(F)ccc1F)n1cc(-c2nc(-c3cnccn3)no2)ccc1=O. The third-order valence-corrected chi connectivity index (χ3v) is 4.61. The minimum atomic E-state index is -0.993. The molecule has 0 bridgehead atoms. The average molecular weight is 438 g/mol. The van der Waals surface area contributed by atoms with Gasteiger partial charge in [0, 0.05) is 30.7 Å². The van der Waals surface area contributed by atoms with Crippen LogP contribution < -0.4 is 10.9 Å². The lowest BCUT2D eigenvalue weighted by Gasteiger charge is -2.18. The van der Waals surface area contributed by atoms with Crippen molar-refractivity contribution in [1.82, 2.24) is 24.7 Å². The molecule has 0 aliphatic rings. The van der Waals surface area contributed by atoms with Crippen molar-refractivity contribution in [3.8, 4) is 23.0 Å². The maximum atomic E-state index is 13.9. The molecule has 4 aromatic rings. The minimum absolute atomic E-state index is 0.103. The molecule has 162 valence electrons. The lowest BCUT2D eigenvalue weighted by atomic mass is 10.1. The van der Waals surface area contributed by atoms with Gasteiger partial charge in [0.05, 0.1) is 17.4 Å². The van der Waals surface area contributed by atoms with Gasteiger partial charge in [0.1, 0.15) is 23.4 Å². The van der Waals surface area contributed by atoms with E-state index in [9.17, 15) is 18.4 Å². The second-order valence-corrected chi connectivity index (χ2v) is 6.71. The van der Waals surface area contributed by atoms with Crippen molar-refractivity contribution in [2.75, 3.05) is 5.32 Å². The molecule has 3 aromatic heterocycles. The molecule has 0 fully saturated rings. The third kappa shape index (κ3) is 4.26. The van der Waals surface area contributed by atoms with Crippen molar-refractivity contribution in [2.24, 2.45) is 0 Å². The van der Waals surface area contributed by atoms with Crippen LogP contribution in [0.5, 0.6) is 0 Å². The van der Waals surface area contributed by atoms with Crippen molar-refractivity contribution in [2.45, 2.75) is 19.4 Å². The zero-order valence-corrected chi connectivity index (χ0v) is 16.7. The smallest absolute Gasteiger partial charge is 0.259 e. The molecule has 11 heteroatoms. The van der Waals surface area contributed by atoms with E-state index in [2.05, 4.69) is 25.4 Å². The first-order chi connectivity index (χ1) is 15.5. The van der Waals surface area contributed by atoms with Gasteiger partial charge in [-0.05, 0) is 24.6 Å². The monoisotopic (exact) mass is 438 g/mol. The number of hydrogen-bond donors (Lipinski definition) is 1. The fraction of sp³-hybridized carbons (Fsp3) is 0.143. The number of amides is 1. The number of benzene rings is 1. The van der Waals surface area contributed by atoms with E-state index in [4.69, 9.17) is 4.52 Å². The predicted octanol–water partition coefficient (Wildman–Crippen LogP) is 3.22. The molecule has 0 saturated carbocycles. The van der Waals surface area contributed by atoms with Gasteiger partial charge in [0.2, 0.25) is 11.7 Å². The van der Waals surface area contributed by atoms with Crippen LogP contribution in [-0.2, 0) is 4.79 Å². The number of aromatic nitrogens is 5. The second kappa shape index (κ2) is 8.84. The van der Waals surface area contributed by atoms with Gasteiger partial charge in [-0.15, -0.1) is 0 Å². The molecule has 1 atom stereocenters. The summed E-state index contributed by atoms with van der Waals surface area (Å²) in [4.78, 5) is 37.5. The molecule has 1 N–H and O–H groups in total. The first kappa shape index (κ1) is 21.0. The van der Waals surface area contributed by atoms with Crippen molar-refractivity contribution in [1.29, 1.82) is 0 Å². The number of rotatable bonds is 6. The fourth-order valence-corrected chi connectivity index (χ4v) is 3.05. The van der Waals surface area contributed by atoms with Gasteiger partial charge in [-0.25, -0.2) is 13.8 Å². The fourth-order valence-electron chi connectivity index (χ4n) is 3.05. The van der Waals surface area contributed by atoms with Gasteiger partial charge in [-0.2, -0.15) is 4.98 Å². The number of halogens is 2. The molecule has 1 amide bonds. The Bertz CT molecular complexity index is 1320. The number of nitrogens with one attached hydrogen (secondary N) is 1. The van der Waals surface area contributed by atoms with Gasteiger partial charge in [0.15, 0.2) is 0 Å². The van der Waals surface area contributed by atoms with Crippen molar-refractivity contribution >= 4 is 11.6 Å². The first-order valence-corrected chi connectivity index (χ1v) is 9.55. The zero-order valence-electron chi connectivity index (χ0n) is 16.7. The maximum absolute atomic E-state index is 13.9. The Morgan fingerprint density at radius 3 is 2.81 bits per heavy atom. The van der Waals surface area contributed by atoms with E-state index in [-0.39, 0.29) is 23.8 Å². The highest BCUT2D eigenvalue weighted by Crippen LogP contribution is 2.22. The number of hydrogen-bond acceptors (Lipinski definition) is 7. The van der Waals surface area contributed by atoms with Gasteiger partial charge in [-0.3, -0.25) is 14.6 Å². The Morgan fingerprint density at radius 2 is 2.06 bits per heavy atom. The van der Waals surface area contributed by atoms with E-state index >= 15 is 0 Å². The number of carbonyl (C=O) groups is 1. The lowest BCUT2D eigenvalue weighted by molar-refractivity contribution is -0.119. The summed E-state index contributed by atoms with van der Waals surface area (Å²) < 4.78 is 33.8. The summed E-state index contributed by atoms with van der Waals surface area (Å²) in [6, 6.07) is 4.45. The Kier molecular flexibility index (Phi) is 5.79. The average Bonchev–Trinajstić information content (AvgIpc) is 3.29. The van der Waals surface area contributed by atoms with E-state index in [0.717, 1.165) is 18.2 Å². The summed E-state index contributed by atoms with van der Waals surface area (Å²) in [5, 5.41) is 6.19. The summed E-state index contributed by atoms with van der Waals surface area (Å²) in [7, 11) is 0. The highest BCUT2D eigenvalue weighted by molar-refractivity contribution is 5.93. The highest BCUT2D eigenvalue weighted by atomic mass is 19.1. The van der Waals surface area contributed by atoms with Crippen LogP contribution in [0.25, 0.3) is 23.0 Å². The molecule has 0 radical (unpaired) electrons. The molecule has 32 heavy (non-hydrogen) atoms. The number of nitrogens with zero attached hydrogens (tertiary/aromatic N) is 5. The Morgan fingerprint density at radius 1 is 1.22 bits per heavy atom. The molecule has 3 heterocycles. The summed E-state index contributed by atoms with van der Waals surface area (Å²) in [5.41, 5.74) is 0.00137. The molecule has 9 nitrogen and oxygen atoms in total. The Labute approximate surface area is 179 Å². The van der Waals surface area contributed by atoms with Crippen LogP contribution in [0.2, 0.25) is 0 Å². The van der Waals surface area contributed by atoms with E-state index in [1.54, 1.807) is 6.92 Å². The van der Waals surface area contributed by atoms with Gasteiger partial charge in [-0.1, -0.05) is 12.1 Å². The minimum Gasteiger partial charge on any atom is -0.333 e. The zero-order chi connectivity index (χ0) is 22.7. The van der Waals surface area contributed by atoms with E-state index in [1.807, 2.05) is 0 Å². The molecule has 0 aliphatic heterocycles. The predicted molar refractivity (Wildman–Crippen MR) is 109 cm³/mol. The maximum Gasteiger partial charge on any atom is 0.259 e. The van der Waals surface area contributed by atoms with Crippen molar-refractivity contribution in [3.63, 3.8) is 0 Å². The van der Waals surface area contributed by atoms with Gasteiger partial charge >= 0.3 is 0 Å². The molecule has 4 rings (SSSR count). The molecule has 0 aliphatic carbocycles. The van der Waals surface area contributed by atoms with E-state index in [0.29, 0.717) is 11.3 Å². The standard InChI is InChI=1S/C21H16F2N6O3/c1-2-17(20(31)26-15-9-13(22)4-5-14(15)23)29-11-12(3-6-18(29)30)21-27-19(28-32-21)16-10-24-7-8-25-16/h3-11,17H,2H2,1H3,(H,26,31)/t17-/m0/s1. The second-order valence-electron chi connectivity index (χ2n) is 6.71. The normalized spacial score (nSPS) is 11.8. The molecular formula is C21H16F2N6O3. The Hall–Kier alpha value is -4.28. The summed E-state index contributed by atoms with van der Waals surface area (Å²) >= 11 is 0. The van der Waals surface area contributed by atoms with E-state index < -0.39 is 29.1 Å². The van der Waals surface area contributed by atoms with Gasteiger partial charge in [0.25, 0.3) is 11.4 Å². The van der Waals surface area contributed by atoms with Crippen LogP contribution in [0.15, 0.2) is 64.4 Å². The molecule has 0 saturated heterocycles. The van der Waals surface area contributed by atoms with Crippen LogP contribution in [-0.4, -0.2) is 30.6 Å². The first-order valence-electron chi connectivity index (χ1n) is 9.55. The quantitative estimate of drug-likeness (QED) is 0.491. The van der Waals surface area contributed by atoms with Gasteiger partial charge < -0.3 is 14.4 Å². The van der Waals surface area contributed by atoms with Crippen molar-refractivity contribution < 1.29 is 18.1 Å². The van der Waals surface area contributed by atoms with Crippen molar-refractivity contribution in [3.05, 3.63) is 77.1 Å². The molecule has 0 spiro atoms. The third-order valence-electron chi connectivity index (χ3n) is 4.61. The summed E-state index contributed by atoms with van der Waals surface area (Å²) in [5.74, 6) is -1.87. The van der Waals surface area contributed by atoms with Crippen LogP contribution in [0.4, 0.5) is 14.5 Å². The summed E-state index contributed by atoms with van der Waals surface area (Å²) in [6.07, 6.45) is 6.06. The van der Waals surface area contributed by atoms with Crippen LogP contribution >= 0.6 is 0 Å². The lowest BCUT2D eigenvalue weighted by Crippen LogP contribution is -2.32. The summed E-state index contributed by atoms with van der Waals surface area (Å²) in [6.45, 7) is 1.68. The van der Waals surface area contributed by atoms with E-state index in [1.165, 1.54) is 41.5 Å². The molecule has 0 unspecified atom stereocenters. The van der Waals surface area contributed by atoms with Crippen LogP contribution in [0.1, 0.15) is 19.4 Å². The van der Waals surface area contributed by atoms with Crippen LogP contribution in [0.3, 0.4) is 0 Å². The highest BCUT2D eigenvalue weighted by Gasteiger charge is 2.22. The number of anilines is 1. The number of carbonyl (C=O) groups excluding carboxylic acids is 1. The molecular weight excluding hydrogens is 422 g/mol. The molecule has 1 aromatic carbocycles. The topological polar surface area (TPSA) is 116 Å². The van der Waals surface area contributed by atoms with Crippen LogP contribution in [0, 0.1) is 11.6 Å². The Balaban J connectivity index is 1.64.